The molecule has 34 heavy (non-hydrogen) atoms. The van der Waals surface area contributed by atoms with Crippen molar-refractivity contribution in [3.05, 3.63) is 35.9 Å². The number of aromatic nitrogens is 4. The van der Waals surface area contributed by atoms with Gasteiger partial charge in [0.25, 0.3) is 0 Å². The summed E-state index contributed by atoms with van der Waals surface area (Å²) >= 11 is 0. The third kappa shape index (κ3) is 5.30. The number of anilines is 1. The molecule has 3 aromatic rings. The number of para-hydroxylation sites is 1. The second kappa shape index (κ2) is 9.58. The molecule has 1 atom stereocenters. The first kappa shape index (κ1) is 23.9. The molecule has 1 amide bonds. The number of ether oxygens (including phenoxy) is 1. The van der Waals surface area contributed by atoms with E-state index in [4.69, 9.17) is 4.74 Å². The molecule has 0 bridgehead atoms. The summed E-state index contributed by atoms with van der Waals surface area (Å²) in [4.78, 5) is 25.6. The van der Waals surface area contributed by atoms with E-state index in [0.29, 0.717) is 13.1 Å². The largest absolute Gasteiger partial charge is 0.444 e. The first-order valence-electron chi connectivity index (χ1n) is 11.8. The lowest BCUT2D eigenvalue weighted by Crippen LogP contribution is -2.51. The van der Waals surface area contributed by atoms with Crippen molar-refractivity contribution in [3.63, 3.8) is 0 Å². The van der Waals surface area contributed by atoms with Gasteiger partial charge in [-0.05, 0) is 47.6 Å². The molecule has 1 aromatic carbocycles. The van der Waals surface area contributed by atoms with Crippen molar-refractivity contribution in [3.8, 4) is 11.1 Å². The zero-order valence-corrected chi connectivity index (χ0v) is 21.0. The molecule has 0 spiro atoms. The maximum atomic E-state index is 12.3. The smallest absolute Gasteiger partial charge is 0.410 e. The van der Waals surface area contributed by atoms with Gasteiger partial charge in [-0.15, -0.1) is 0 Å². The monoisotopic (exact) mass is 465 g/mol. The summed E-state index contributed by atoms with van der Waals surface area (Å²) in [5.74, 6) is 0.825. The third-order valence-corrected chi connectivity index (χ3v) is 6.00. The summed E-state index contributed by atoms with van der Waals surface area (Å²) in [6.45, 7) is 15.7. The highest BCUT2D eigenvalue weighted by atomic mass is 16.6. The van der Waals surface area contributed by atoms with Gasteiger partial charge in [0.05, 0.1) is 11.2 Å². The van der Waals surface area contributed by atoms with E-state index in [-0.39, 0.29) is 12.1 Å². The lowest BCUT2D eigenvalue weighted by molar-refractivity contribution is 0.0144. The zero-order valence-electron chi connectivity index (χ0n) is 21.0. The molecular formula is C25H35N7O2. The van der Waals surface area contributed by atoms with Crippen LogP contribution in [0.1, 0.15) is 39.1 Å². The van der Waals surface area contributed by atoms with Crippen LogP contribution in [0.2, 0.25) is 0 Å². The topological polar surface area (TPSA) is 99.3 Å². The fourth-order valence-electron chi connectivity index (χ4n) is 4.46. The number of carbonyl (C=O) groups is 1. The predicted octanol–water partition coefficient (Wildman–Crippen LogP) is 3.99. The van der Waals surface area contributed by atoms with Crippen LogP contribution < -0.4 is 5.32 Å². The summed E-state index contributed by atoms with van der Waals surface area (Å²) in [6.07, 6.45) is 1.38. The lowest BCUT2D eigenvalue weighted by Gasteiger charge is -2.36. The van der Waals surface area contributed by atoms with Crippen molar-refractivity contribution in [2.75, 3.05) is 38.0 Å². The number of hydrogen-bond donors (Lipinski definition) is 2. The molecule has 182 valence electrons. The molecule has 1 unspecified atom stereocenters. The van der Waals surface area contributed by atoms with Gasteiger partial charge in [-0.2, -0.15) is 5.10 Å². The molecule has 2 N–H and O–H groups in total. The number of nitrogens with one attached hydrogen (secondary N) is 2. The minimum atomic E-state index is -0.470. The molecule has 1 saturated heterocycles. The molecule has 1 fully saturated rings. The number of aryl methyl sites for hydroxylation is 2. The van der Waals surface area contributed by atoms with Crippen molar-refractivity contribution < 1.29 is 9.53 Å². The van der Waals surface area contributed by atoms with Gasteiger partial charge in [0.2, 0.25) is 0 Å². The van der Waals surface area contributed by atoms with Crippen LogP contribution in [0.5, 0.6) is 0 Å². The zero-order chi connectivity index (χ0) is 24.5. The van der Waals surface area contributed by atoms with Crippen LogP contribution in [-0.4, -0.2) is 80.4 Å². The number of fused-ring (bicyclic) bond motifs is 1. The van der Waals surface area contributed by atoms with Crippen LogP contribution in [0.3, 0.4) is 0 Å². The number of piperazine rings is 1. The number of rotatable bonds is 5. The maximum absolute atomic E-state index is 12.3. The quantitative estimate of drug-likeness (QED) is 0.588. The van der Waals surface area contributed by atoms with Crippen molar-refractivity contribution in [2.45, 2.75) is 53.2 Å². The van der Waals surface area contributed by atoms with Crippen LogP contribution in [0, 0.1) is 13.8 Å². The normalized spacial score (nSPS) is 16.0. The van der Waals surface area contributed by atoms with Crippen molar-refractivity contribution in [1.82, 2.24) is 30.0 Å². The number of carbonyl (C=O) groups excluding carboxylic acids is 1. The standard InChI is InChI=1S/C25H35N7O2/c1-16(14-31-10-12-32(13-11-31)24(33)34-25(4,5)6)28-23-20-9-7-8-19(22(20)26-15-27-23)21-17(2)29-30-18(21)3/h7-9,15-16H,10-14H2,1-6H3,(H,29,30)(H,26,27,28). The molecule has 9 heteroatoms. The fraction of sp³-hybridized carbons (Fsp3) is 0.520. The molecule has 9 nitrogen and oxygen atoms in total. The van der Waals surface area contributed by atoms with Crippen LogP contribution in [0.15, 0.2) is 24.5 Å². The van der Waals surface area contributed by atoms with Gasteiger partial charge in [0.15, 0.2) is 0 Å². The second-order valence-corrected chi connectivity index (χ2v) is 10.0. The molecule has 0 aliphatic carbocycles. The molecule has 0 radical (unpaired) electrons. The SMILES string of the molecule is Cc1n[nH]c(C)c1-c1cccc2c(NC(C)CN3CCN(C(=O)OC(C)(C)C)CC3)ncnc12. The van der Waals surface area contributed by atoms with E-state index in [1.807, 2.05) is 40.7 Å². The Morgan fingerprint density at radius 1 is 1.18 bits per heavy atom. The lowest BCUT2D eigenvalue weighted by atomic mass is 10.0. The Labute approximate surface area is 200 Å². The van der Waals surface area contributed by atoms with E-state index in [1.54, 1.807) is 11.2 Å². The summed E-state index contributed by atoms with van der Waals surface area (Å²) in [5, 5.41) is 12.0. The van der Waals surface area contributed by atoms with Gasteiger partial charge >= 0.3 is 6.09 Å². The predicted molar refractivity (Wildman–Crippen MR) is 134 cm³/mol. The average Bonchev–Trinajstić information content (AvgIpc) is 3.10. The number of benzene rings is 1. The molecule has 2 aromatic heterocycles. The van der Waals surface area contributed by atoms with Gasteiger partial charge in [0, 0.05) is 61.0 Å². The summed E-state index contributed by atoms with van der Waals surface area (Å²) in [5.41, 5.74) is 4.56. The number of nitrogens with zero attached hydrogens (tertiary/aromatic N) is 5. The summed E-state index contributed by atoms with van der Waals surface area (Å²) in [7, 11) is 0. The first-order chi connectivity index (χ1) is 16.1. The van der Waals surface area contributed by atoms with E-state index < -0.39 is 5.60 Å². The van der Waals surface area contributed by atoms with Gasteiger partial charge in [0.1, 0.15) is 17.7 Å². The van der Waals surface area contributed by atoms with Crippen LogP contribution in [-0.2, 0) is 4.74 Å². The molecule has 4 rings (SSSR count). The fourth-order valence-corrected chi connectivity index (χ4v) is 4.46. The van der Waals surface area contributed by atoms with E-state index in [2.05, 4.69) is 49.4 Å². The van der Waals surface area contributed by atoms with Gasteiger partial charge in [-0.1, -0.05) is 12.1 Å². The average molecular weight is 466 g/mol. The highest BCUT2D eigenvalue weighted by Gasteiger charge is 2.26. The van der Waals surface area contributed by atoms with E-state index in [1.165, 1.54) is 0 Å². The molecule has 0 saturated carbocycles. The van der Waals surface area contributed by atoms with Crippen molar-refractivity contribution in [1.29, 1.82) is 0 Å². The first-order valence-corrected chi connectivity index (χ1v) is 11.8. The van der Waals surface area contributed by atoms with E-state index >= 15 is 0 Å². The maximum Gasteiger partial charge on any atom is 0.410 e. The Bertz CT molecular complexity index is 1140. The minimum absolute atomic E-state index is 0.173. The van der Waals surface area contributed by atoms with Crippen LogP contribution in [0.4, 0.5) is 10.6 Å². The number of H-pyrrole nitrogens is 1. The van der Waals surface area contributed by atoms with Crippen molar-refractivity contribution in [2.24, 2.45) is 0 Å². The van der Waals surface area contributed by atoms with Gasteiger partial charge < -0.3 is 15.0 Å². The molecule has 1 aliphatic rings. The number of hydrogen-bond acceptors (Lipinski definition) is 7. The van der Waals surface area contributed by atoms with Crippen molar-refractivity contribution >= 4 is 22.8 Å². The number of aromatic amines is 1. The van der Waals surface area contributed by atoms with E-state index in [9.17, 15) is 4.79 Å². The summed E-state index contributed by atoms with van der Waals surface area (Å²) < 4.78 is 5.50. The molecule has 1 aliphatic heterocycles. The number of amides is 1. The minimum Gasteiger partial charge on any atom is -0.444 e. The highest BCUT2D eigenvalue weighted by molar-refractivity contribution is 5.99. The second-order valence-electron chi connectivity index (χ2n) is 10.0. The Morgan fingerprint density at radius 3 is 2.56 bits per heavy atom. The van der Waals surface area contributed by atoms with E-state index in [0.717, 1.165) is 58.9 Å². The van der Waals surface area contributed by atoms with Crippen LogP contribution in [0.25, 0.3) is 22.0 Å². The third-order valence-electron chi connectivity index (χ3n) is 6.00. The Hall–Kier alpha value is -3.20. The highest BCUT2D eigenvalue weighted by Crippen LogP contribution is 2.33. The Balaban J connectivity index is 1.42. The van der Waals surface area contributed by atoms with Gasteiger partial charge in [-0.3, -0.25) is 10.00 Å². The molecule has 3 heterocycles. The van der Waals surface area contributed by atoms with Gasteiger partial charge in [-0.25, -0.2) is 14.8 Å². The van der Waals surface area contributed by atoms with Crippen LogP contribution >= 0.6 is 0 Å². The Morgan fingerprint density at radius 2 is 1.91 bits per heavy atom. The summed E-state index contributed by atoms with van der Waals surface area (Å²) in [6, 6.07) is 6.35. The Kier molecular flexibility index (Phi) is 6.74. The molecular weight excluding hydrogens is 430 g/mol.